The number of carbonyl (C=O) groups excluding carboxylic acids is 2. The van der Waals surface area contributed by atoms with Gasteiger partial charge in [-0.2, -0.15) is 0 Å². The molecule has 1 saturated carbocycles. The summed E-state index contributed by atoms with van der Waals surface area (Å²) in [5.41, 5.74) is 6.05. The van der Waals surface area contributed by atoms with E-state index >= 15 is 0 Å². The van der Waals surface area contributed by atoms with Crippen molar-refractivity contribution in [2.45, 2.75) is 51.5 Å². The van der Waals surface area contributed by atoms with Crippen LogP contribution in [0, 0.1) is 5.92 Å². The molecule has 1 unspecified atom stereocenters. The zero-order chi connectivity index (χ0) is 18.1. The lowest BCUT2D eigenvalue weighted by Gasteiger charge is -2.22. The number of nitrogens with one attached hydrogen (secondary N) is 2. The van der Waals surface area contributed by atoms with Crippen LogP contribution in [0.15, 0.2) is 24.3 Å². The molecule has 6 nitrogen and oxygen atoms in total. The first-order chi connectivity index (χ1) is 12.1. The third kappa shape index (κ3) is 6.74. The predicted octanol–water partition coefficient (Wildman–Crippen LogP) is 2.44. The first-order valence-electron chi connectivity index (χ1n) is 9.11. The van der Waals surface area contributed by atoms with Crippen LogP contribution < -0.4 is 21.1 Å². The average Bonchev–Trinajstić information content (AvgIpc) is 2.61. The molecule has 1 aromatic rings. The van der Waals surface area contributed by atoms with Crippen LogP contribution >= 0.6 is 0 Å². The van der Waals surface area contributed by atoms with Gasteiger partial charge in [0, 0.05) is 18.7 Å². The highest BCUT2D eigenvalue weighted by Crippen LogP contribution is 2.26. The van der Waals surface area contributed by atoms with Crippen molar-refractivity contribution in [2.24, 2.45) is 11.7 Å². The Morgan fingerprint density at radius 1 is 1.20 bits per heavy atom. The van der Waals surface area contributed by atoms with E-state index in [-0.39, 0.29) is 11.8 Å². The number of hydrogen-bond donors (Lipinski definition) is 3. The topological polar surface area (TPSA) is 93.5 Å². The van der Waals surface area contributed by atoms with Crippen molar-refractivity contribution in [2.75, 3.05) is 18.5 Å². The smallest absolute Gasteiger partial charge is 0.246 e. The molecule has 1 fully saturated rings. The quantitative estimate of drug-likeness (QED) is 0.673. The summed E-state index contributed by atoms with van der Waals surface area (Å²) in [5.74, 6) is 0.898. The van der Waals surface area contributed by atoms with Gasteiger partial charge in [-0.3, -0.25) is 9.59 Å². The minimum absolute atomic E-state index is 0.0416. The van der Waals surface area contributed by atoms with Gasteiger partial charge in [0.05, 0.1) is 0 Å². The van der Waals surface area contributed by atoms with Gasteiger partial charge in [-0.15, -0.1) is 0 Å². The fourth-order valence-corrected chi connectivity index (χ4v) is 3.08. The van der Waals surface area contributed by atoms with Gasteiger partial charge in [0.15, 0.2) is 0 Å². The highest BCUT2D eigenvalue weighted by Gasteiger charge is 2.20. The summed E-state index contributed by atoms with van der Waals surface area (Å²) in [6.07, 6.45) is 6.44. The van der Waals surface area contributed by atoms with Crippen molar-refractivity contribution in [3.63, 3.8) is 0 Å². The Hall–Kier alpha value is -2.08. The summed E-state index contributed by atoms with van der Waals surface area (Å²) in [7, 11) is 0. The highest BCUT2D eigenvalue weighted by atomic mass is 16.5. The van der Waals surface area contributed by atoms with Crippen LogP contribution in [-0.2, 0) is 9.59 Å². The summed E-state index contributed by atoms with van der Waals surface area (Å²) >= 11 is 0. The summed E-state index contributed by atoms with van der Waals surface area (Å²) in [6.45, 7) is 2.61. The van der Waals surface area contributed by atoms with Crippen LogP contribution in [0.3, 0.4) is 0 Å². The number of carbonyl (C=O) groups is 2. The molecule has 0 saturated heterocycles. The Labute approximate surface area is 149 Å². The fourth-order valence-electron chi connectivity index (χ4n) is 3.08. The molecule has 138 valence electrons. The monoisotopic (exact) mass is 347 g/mol. The maximum Gasteiger partial charge on any atom is 0.246 e. The summed E-state index contributed by atoms with van der Waals surface area (Å²) in [6, 6.07) is 6.51. The maximum atomic E-state index is 12.2. The summed E-state index contributed by atoms with van der Waals surface area (Å²) < 4.78 is 5.39. The molecule has 0 heterocycles. The maximum absolute atomic E-state index is 12.2. The largest absolute Gasteiger partial charge is 0.492 e. The van der Waals surface area contributed by atoms with Gasteiger partial charge < -0.3 is 21.1 Å². The number of hydrogen-bond acceptors (Lipinski definition) is 4. The number of benzene rings is 1. The van der Waals surface area contributed by atoms with Gasteiger partial charge in [0.25, 0.3) is 0 Å². The predicted molar refractivity (Wildman–Crippen MR) is 98.4 cm³/mol. The molecule has 0 radical (unpaired) electrons. The Bertz CT molecular complexity index is 554. The second kappa shape index (κ2) is 10.0. The number of ether oxygens (including phenoxy) is 1. The lowest BCUT2D eigenvalue weighted by molar-refractivity contribution is -0.126. The Kier molecular flexibility index (Phi) is 7.73. The lowest BCUT2D eigenvalue weighted by Crippen LogP contribution is -2.42. The van der Waals surface area contributed by atoms with E-state index in [4.69, 9.17) is 10.5 Å². The van der Waals surface area contributed by atoms with E-state index in [1.807, 2.05) is 0 Å². The van der Waals surface area contributed by atoms with Crippen LogP contribution in [0.1, 0.15) is 45.4 Å². The van der Waals surface area contributed by atoms with Gasteiger partial charge in [-0.1, -0.05) is 19.3 Å². The molecule has 0 aliphatic heterocycles. The van der Waals surface area contributed by atoms with Gasteiger partial charge >= 0.3 is 0 Å². The SMILES string of the molecule is CC(NC(=O)CC1CCCCC1)C(=O)Nc1ccc(OCCN)cc1. The first kappa shape index (κ1) is 19.2. The van der Waals surface area contributed by atoms with E-state index in [1.54, 1.807) is 31.2 Å². The van der Waals surface area contributed by atoms with Crippen molar-refractivity contribution < 1.29 is 14.3 Å². The summed E-state index contributed by atoms with van der Waals surface area (Å²) in [4.78, 5) is 24.3. The molecular formula is C19H29N3O3. The van der Waals surface area contributed by atoms with Crippen LogP contribution in [0.4, 0.5) is 5.69 Å². The molecule has 1 aliphatic rings. The van der Waals surface area contributed by atoms with Gasteiger partial charge in [0.1, 0.15) is 18.4 Å². The minimum Gasteiger partial charge on any atom is -0.492 e. The van der Waals surface area contributed by atoms with E-state index in [9.17, 15) is 9.59 Å². The average molecular weight is 347 g/mol. The van der Waals surface area contributed by atoms with Crippen LogP contribution in [0.2, 0.25) is 0 Å². The van der Waals surface area contributed by atoms with Crippen molar-refractivity contribution in [1.82, 2.24) is 5.32 Å². The van der Waals surface area contributed by atoms with Crippen LogP contribution in [0.5, 0.6) is 5.75 Å². The van der Waals surface area contributed by atoms with E-state index in [2.05, 4.69) is 10.6 Å². The van der Waals surface area contributed by atoms with E-state index < -0.39 is 6.04 Å². The molecule has 1 atom stereocenters. The molecule has 4 N–H and O–H groups in total. The second-order valence-electron chi connectivity index (χ2n) is 6.65. The summed E-state index contributed by atoms with van der Waals surface area (Å²) in [5, 5.41) is 5.60. The van der Waals surface area contributed by atoms with Crippen molar-refractivity contribution >= 4 is 17.5 Å². The van der Waals surface area contributed by atoms with Gasteiger partial charge in [0.2, 0.25) is 11.8 Å². The van der Waals surface area contributed by atoms with Crippen molar-refractivity contribution in [3.05, 3.63) is 24.3 Å². The molecule has 0 bridgehead atoms. The number of nitrogens with two attached hydrogens (primary N) is 1. The fraction of sp³-hybridized carbons (Fsp3) is 0.579. The van der Waals surface area contributed by atoms with E-state index in [0.717, 1.165) is 12.8 Å². The zero-order valence-corrected chi connectivity index (χ0v) is 14.9. The Morgan fingerprint density at radius 3 is 2.52 bits per heavy atom. The Morgan fingerprint density at radius 2 is 1.88 bits per heavy atom. The van der Waals surface area contributed by atoms with Crippen molar-refractivity contribution in [1.29, 1.82) is 0 Å². The molecule has 2 amide bonds. The number of anilines is 1. The van der Waals surface area contributed by atoms with Crippen molar-refractivity contribution in [3.8, 4) is 5.75 Å². The molecule has 25 heavy (non-hydrogen) atoms. The van der Waals surface area contributed by atoms with Gasteiger partial charge in [-0.05, 0) is 49.9 Å². The van der Waals surface area contributed by atoms with E-state index in [1.165, 1.54) is 19.3 Å². The number of rotatable bonds is 8. The second-order valence-corrected chi connectivity index (χ2v) is 6.65. The zero-order valence-electron chi connectivity index (χ0n) is 14.9. The minimum atomic E-state index is -0.566. The van der Waals surface area contributed by atoms with Crippen LogP contribution in [0.25, 0.3) is 0 Å². The molecule has 6 heteroatoms. The molecule has 1 aliphatic carbocycles. The lowest BCUT2D eigenvalue weighted by atomic mass is 9.87. The third-order valence-corrected chi connectivity index (χ3v) is 4.48. The molecule has 1 aromatic carbocycles. The Balaban J connectivity index is 1.76. The number of amides is 2. The molecule has 0 aromatic heterocycles. The molecular weight excluding hydrogens is 318 g/mol. The molecule has 0 spiro atoms. The van der Waals surface area contributed by atoms with Gasteiger partial charge in [-0.25, -0.2) is 0 Å². The molecule has 2 rings (SSSR count). The first-order valence-corrected chi connectivity index (χ1v) is 9.11. The third-order valence-electron chi connectivity index (χ3n) is 4.48. The highest BCUT2D eigenvalue weighted by molar-refractivity contribution is 5.96. The van der Waals surface area contributed by atoms with E-state index in [0.29, 0.717) is 36.9 Å². The normalized spacial score (nSPS) is 16.1. The van der Waals surface area contributed by atoms with Crippen LogP contribution in [-0.4, -0.2) is 31.0 Å². The standard InChI is InChI=1S/C19H29N3O3/c1-14(21-18(23)13-15-5-3-2-4-6-15)19(24)22-16-7-9-17(10-8-16)25-12-11-20/h7-10,14-15H,2-6,11-13,20H2,1H3,(H,21,23)(H,22,24).